The van der Waals surface area contributed by atoms with E-state index >= 15 is 0 Å². The number of amides is 2. The molecule has 0 spiro atoms. The molecule has 0 aliphatic heterocycles. The molecule has 18 heavy (non-hydrogen) atoms. The summed E-state index contributed by atoms with van der Waals surface area (Å²) in [6.45, 7) is 3.72. The maximum Gasteiger partial charge on any atom is 0.250 e. The van der Waals surface area contributed by atoms with Gasteiger partial charge in [0.15, 0.2) is 0 Å². The predicted molar refractivity (Wildman–Crippen MR) is 70.8 cm³/mol. The highest BCUT2D eigenvalue weighted by atomic mass is 16.1. The van der Waals surface area contributed by atoms with E-state index in [0.717, 1.165) is 0 Å². The van der Waals surface area contributed by atoms with E-state index in [-0.39, 0.29) is 5.56 Å². The molecule has 0 atom stereocenters. The van der Waals surface area contributed by atoms with Crippen molar-refractivity contribution in [3.05, 3.63) is 23.8 Å². The van der Waals surface area contributed by atoms with Gasteiger partial charge in [-0.25, -0.2) is 0 Å². The highest BCUT2D eigenvalue weighted by molar-refractivity contribution is 5.99. The molecule has 0 saturated heterocycles. The van der Waals surface area contributed by atoms with Crippen LogP contribution in [-0.2, 0) is 4.79 Å². The van der Waals surface area contributed by atoms with Crippen LogP contribution in [0.1, 0.15) is 24.2 Å². The van der Waals surface area contributed by atoms with Gasteiger partial charge in [0.25, 0.3) is 5.91 Å². The van der Waals surface area contributed by atoms with Gasteiger partial charge in [-0.2, -0.15) is 0 Å². The molecule has 0 saturated carbocycles. The minimum Gasteiger partial charge on any atom is -0.399 e. The van der Waals surface area contributed by atoms with Crippen LogP contribution in [0, 0.1) is 5.41 Å². The van der Waals surface area contributed by atoms with Gasteiger partial charge in [-0.3, -0.25) is 9.59 Å². The summed E-state index contributed by atoms with van der Waals surface area (Å²) in [6, 6.07) is 4.78. The SMILES string of the molecule is CC(C)(CNc1ccc(N)cc1C(N)=O)C(N)=O. The van der Waals surface area contributed by atoms with Gasteiger partial charge in [0.05, 0.1) is 11.0 Å². The fourth-order valence-corrected chi connectivity index (χ4v) is 1.32. The van der Waals surface area contributed by atoms with Gasteiger partial charge >= 0.3 is 0 Å². The summed E-state index contributed by atoms with van der Waals surface area (Å²) in [6.07, 6.45) is 0. The van der Waals surface area contributed by atoms with E-state index in [2.05, 4.69) is 5.32 Å². The highest BCUT2D eigenvalue weighted by Gasteiger charge is 2.25. The quantitative estimate of drug-likeness (QED) is 0.560. The molecule has 7 N–H and O–H groups in total. The average Bonchev–Trinajstić information content (AvgIpc) is 2.27. The molecule has 0 aromatic heterocycles. The summed E-state index contributed by atoms with van der Waals surface area (Å²) in [5, 5.41) is 2.99. The lowest BCUT2D eigenvalue weighted by Gasteiger charge is -2.22. The number of benzene rings is 1. The number of nitrogens with one attached hydrogen (secondary N) is 1. The number of rotatable bonds is 5. The lowest BCUT2D eigenvalue weighted by Crippen LogP contribution is -2.37. The van der Waals surface area contributed by atoms with Gasteiger partial charge < -0.3 is 22.5 Å². The van der Waals surface area contributed by atoms with E-state index in [4.69, 9.17) is 17.2 Å². The summed E-state index contributed by atoms with van der Waals surface area (Å²) < 4.78 is 0. The maximum absolute atomic E-state index is 11.3. The van der Waals surface area contributed by atoms with Crippen LogP contribution in [0.25, 0.3) is 0 Å². The van der Waals surface area contributed by atoms with Crippen molar-refractivity contribution in [2.24, 2.45) is 16.9 Å². The summed E-state index contributed by atoms with van der Waals surface area (Å²) in [4.78, 5) is 22.5. The first-order valence-electron chi connectivity index (χ1n) is 5.47. The second kappa shape index (κ2) is 4.95. The van der Waals surface area contributed by atoms with Crippen molar-refractivity contribution >= 4 is 23.2 Å². The Balaban J connectivity index is 2.92. The Labute approximate surface area is 106 Å². The molecule has 0 unspecified atom stereocenters. The number of carbonyl (C=O) groups excluding carboxylic acids is 2. The first kappa shape index (κ1) is 13.8. The summed E-state index contributed by atoms with van der Waals surface area (Å²) in [5.41, 5.74) is 16.7. The van der Waals surface area contributed by atoms with Crippen LogP contribution in [-0.4, -0.2) is 18.4 Å². The van der Waals surface area contributed by atoms with Gasteiger partial charge in [0, 0.05) is 17.9 Å². The minimum atomic E-state index is -0.726. The molecule has 6 nitrogen and oxygen atoms in total. The number of primary amides is 2. The zero-order valence-corrected chi connectivity index (χ0v) is 10.5. The Bertz CT molecular complexity index is 483. The second-order valence-electron chi connectivity index (χ2n) is 4.77. The van der Waals surface area contributed by atoms with Crippen LogP contribution in [0.4, 0.5) is 11.4 Å². The van der Waals surface area contributed by atoms with Crippen LogP contribution >= 0.6 is 0 Å². The minimum absolute atomic E-state index is 0.287. The van der Waals surface area contributed by atoms with Crippen molar-refractivity contribution in [2.45, 2.75) is 13.8 Å². The Morgan fingerprint density at radius 3 is 2.39 bits per heavy atom. The molecular formula is C12H18N4O2. The molecule has 6 heteroatoms. The van der Waals surface area contributed by atoms with E-state index in [1.54, 1.807) is 26.0 Å². The third-order valence-electron chi connectivity index (χ3n) is 2.70. The molecule has 98 valence electrons. The normalized spacial score (nSPS) is 11.0. The third kappa shape index (κ3) is 3.13. The highest BCUT2D eigenvalue weighted by Crippen LogP contribution is 2.21. The summed E-state index contributed by atoms with van der Waals surface area (Å²) in [5.74, 6) is -1.01. The van der Waals surface area contributed by atoms with E-state index in [9.17, 15) is 9.59 Å². The number of nitrogens with two attached hydrogens (primary N) is 3. The zero-order chi connectivity index (χ0) is 13.9. The largest absolute Gasteiger partial charge is 0.399 e. The fraction of sp³-hybridized carbons (Fsp3) is 0.333. The smallest absolute Gasteiger partial charge is 0.250 e. The van der Waals surface area contributed by atoms with Crippen molar-refractivity contribution < 1.29 is 9.59 Å². The average molecular weight is 250 g/mol. The first-order valence-corrected chi connectivity index (χ1v) is 5.47. The topological polar surface area (TPSA) is 124 Å². The van der Waals surface area contributed by atoms with E-state index in [1.165, 1.54) is 6.07 Å². The van der Waals surface area contributed by atoms with Crippen LogP contribution in [0.3, 0.4) is 0 Å². The molecule has 0 fully saturated rings. The Morgan fingerprint density at radius 1 is 1.28 bits per heavy atom. The van der Waals surface area contributed by atoms with Crippen molar-refractivity contribution in [3.63, 3.8) is 0 Å². The molecule has 0 aliphatic rings. The fourth-order valence-electron chi connectivity index (χ4n) is 1.32. The Hall–Kier alpha value is -2.24. The van der Waals surface area contributed by atoms with Crippen molar-refractivity contribution in [3.8, 4) is 0 Å². The van der Waals surface area contributed by atoms with E-state index < -0.39 is 17.2 Å². The van der Waals surface area contributed by atoms with Gasteiger partial charge in [0.2, 0.25) is 5.91 Å². The molecule has 1 aromatic carbocycles. The zero-order valence-electron chi connectivity index (χ0n) is 10.5. The van der Waals surface area contributed by atoms with Crippen LogP contribution < -0.4 is 22.5 Å². The first-order chi connectivity index (χ1) is 8.24. The van der Waals surface area contributed by atoms with Crippen LogP contribution in [0.15, 0.2) is 18.2 Å². The standard InChI is InChI=1S/C12H18N4O2/c1-12(2,11(15)18)6-16-9-4-3-7(13)5-8(9)10(14)17/h3-5,16H,6,13H2,1-2H3,(H2,14,17)(H2,15,18). The molecule has 1 rings (SSSR count). The predicted octanol–water partition coefficient (Wildman–Crippen LogP) is 0.291. The third-order valence-corrected chi connectivity index (χ3v) is 2.70. The van der Waals surface area contributed by atoms with Gasteiger partial charge in [0.1, 0.15) is 0 Å². The van der Waals surface area contributed by atoms with Crippen molar-refractivity contribution in [1.29, 1.82) is 0 Å². The Kier molecular flexibility index (Phi) is 3.80. The van der Waals surface area contributed by atoms with Crippen LogP contribution in [0.2, 0.25) is 0 Å². The molecule has 2 amide bonds. The molecular weight excluding hydrogens is 232 g/mol. The lowest BCUT2D eigenvalue weighted by molar-refractivity contribution is -0.125. The van der Waals surface area contributed by atoms with E-state index in [0.29, 0.717) is 17.9 Å². The lowest BCUT2D eigenvalue weighted by atomic mass is 9.92. The van der Waals surface area contributed by atoms with Gasteiger partial charge in [-0.15, -0.1) is 0 Å². The maximum atomic E-state index is 11.3. The second-order valence-corrected chi connectivity index (χ2v) is 4.77. The molecule has 0 radical (unpaired) electrons. The Morgan fingerprint density at radius 2 is 1.89 bits per heavy atom. The number of carbonyl (C=O) groups is 2. The monoisotopic (exact) mass is 250 g/mol. The number of hydrogen-bond donors (Lipinski definition) is 4. The molecule has 1 aromatic rings. The molecule has 0 aliphatic carbocycles. The van der Waals surface area contributed by atoms with Gasteiger partial charge in [-0.1, -0.05) is 0 Å². The van der Waals surface area contributed by atoms with Crippen LogP contribution in [0.5, 0.6) is 0 Å². The van der Waals surface area contributed by atoms with Gasteiger partial charge in [-0.05, 0) is 32.0 Å². The molecule has 0 bridgehead atoms. The van der Waals surface area contributed by atoms with E-state index in [1.807, 2.05) is 0 Å². The van der Waals surface area contributed by atoms with Crippen molar-refractivity contribution in [1.82, 2.24) is 0 Å². The number of nitrogen functional groups attached to an aromatic ring is 1. The number of anilines is 2. The summed E-state index contributed by atoms with van der Waals surface area (Å²) in [7, 11) is 0. The molecule has 0 heterocycles. The van der Waals surface area contributed by atoms with Crippen molar-refractivity contribution in [2.75, 3.05) is 17.6 Å². The summed E-state index contributed by atoms with van der Waals surface area (Å²) >= 11 is 0. The number of hydrogen-bond acceptors (Lipinski definition) is 4.